The highest BCUT2D eigenvalue weighted by Crippen LogP contribution is 2.56. The van der Waals surface area contributed by atoms with Crippen molar-refractivity contribution in [3.63, 3.8) is 0 Å². The van der Waals surface area contributed by atoms with Crippen LogP contribution in [0.25, 0.3) is 0 Å². The quantitative estimate of drug-likeness (QED) is 0.185. The molecule has 2 aromatic rings. The van der Waals surface area contributed by atoms with E-state index in [-0.39, 0.29) is 11.1 Å². The zero-order valence-corrected chi connectivity index (χ0v) is 27.5. The molecule has 0 saturated carbocycles. The van der Waals surface area contributed by atoms with Gasteiger partial charge in [-0.15, -0.1) is 0 Å². The van der Waals surface area contributed by atoms with Gasteiger partial charge in [0.05, 0.1) is 54.8 Å². The summed E-state index contributed by atoms with van der Waals surface area (Å²) in [5.41, 5.74) is -10.3. The topological polar surface area (TPSA) is 256 Å². The van der Waals surface area contributed by atoms with E-state index in [9.17, 15) is 54.6 Å². The highest BCUT2D eigenvalue weighted by Gasteiger charge is 2.72. The number of aliphatic hydroxyl groups excluding tert-OH is 3. The zero-order valence-electron chi connectivity index (χ0n) is 27.5. The lowest BCUT2D eigenvalue weighted by Gasteiger charge is -2.52. The number of Topliss-reactive ketones (excluding diaryl/α,β-unsaturated/α-hetero) is 3. The molecule has 1 saturated heterocycles. The van der Waals surface area contributed by atoms with Gasteiger partial charge in [0.15, 0.2) is 17.0 Å². The van der Waals surface area contributed by atoms with E-state index in [0.29, 0.717) is 0 Å². The van der Waals surface area contributed by atoms with Crippen LogP contribution in [0, 0.1) is 12.8 Å². The minimum atomic E-state index is -3.24. The van der Waals surface area contributed by atoms with Crippen LogP contribution in [0.15, 0.2) is 23.9 Å². The van der Waals surface area contributed by atoms with Gasteiger partial charge in [-0.1, -0.05) is 6.07 Å². The number of rotatable bonds is 6. The summed E-state index contributed by atoms with van der Waals surface area (Å²) >= 11 is 0. The number of hydrogen-bond donors (Lipinski definition) is 7. The van der Waals surface area contributed by atoms with Crippen LogP contribution in [0.3, 0.4) is 0 Å². The molecule has 6 rings (SSSR count). The number of phenolic OH excluding ortho intramolecular Hbond substituents is 2. The first kappa shape index (κ1) is 35.3. The van der Waals surface area contributed by atoms with Crippen molar-refractivity contribution in [1.82, 2.24) is 5.32 Å². The van der Waals surface area contributed by atoms with Crippen LogP contribution in [0.1, 0.15) is 75.4 Å². The summed E-state index contributed by atoms with van der Waals surface area (Å²) in [6.07, 6.45) is -5.63. The molecule has 0 radical (unpaired) electrons. The Morgan fingerprint density at radius 2 is 1.70 bits per heavy atom. The molecule has 0 bridgehead atoms. The smallest absolute Gasteiger partial charge is 0.341 e. The Balaban J connectivity index is 1.51. The van der Waals surface area contributed by atoms with Gasteiger partial charge in [0.1, 0.15) is 29.4 Å². The van der Waals surface area contributed by atoms with Gasteiger partial charge in [-0.3, -0.25) is 19.2 Å². The third-order valence-corrected chi connectivity index (χ3v) is 10.3. The first-order valence-electron chi connectivity index (χ1n) is 15.5. The van der Waals surface area contributed by atoms with Crippen molar-refractivity contribution in [2.24, 2.45) is 5.92 Å². The second kappa shape index (κ2) is 12.1. The first-order chi connectivity index (χ1) is 23.6. The molecule has 266 valence electrons. The number of nitrogens with one attached hydrogen (secondary N) is 1. The van der Waals surface area contributed by atoms with E-state index in [0.717, 1.165) is 26.4 Å². The number of methoxy groups -OCH3 is 3. The molecular weight excluding hydrogens is 662 g/mol. The summed E-state index contributed by atoms with van der Waals surface area (Å²) < 4.78 is 21.3. The maximum atomic E-state index is 14.6. The minimum absolute atomic E-state index is 0.0131. The van der Waals surface area contributed by atoms with E-state index in [4.69, 9.17) is 18.9 Å². The molecule has 16 heteroatoms. The van der Waals surface area contributed by atoms with E-state index in [1.165, 1.54) is 20.1 Å². The van der Waals surface area contributed by atoms with Crippen LogP contribution in [0.4, 0.5) is 0 Å². The summed E-state index contributed by atoms with van der Waals surface area (Å²) in [4.78, 5) is 69.0. The third-order valence-electron chi connectivity index (χ3n) is 10.3. The maximum Gasteiger partial charge on any atom is 0.341 e. The molecule has 50 heavy (non-hydrogen) atoms. The van der Waals surface area contributed by atoms with Crippen molar-refractivity contribution < 1.29 is 73.6 Å². The molecule has 1 aliphatic heterocycles. The largest absolute Gasteiger partial charge is 0.507 e. The van der Waals surface area contributed by atoms with Gasteiger partial charge < -0.3 is 54.9 Å². The Hall–Kier alpha value is -4.55. The zero-order chi connectivity index (χ0) is 36.8. The molecule has 0 aromatic heterocycles. The van der Waals surface area contributed by atoms with Crippen molar-refractivity contribution in [2.75, 3.05) is 27.9 Å². The van der Waals surface area contributed by atoms with Crippen LogP contribution >= 0.6 is 0 Å². The first-order valence-corrected chi connectivity index (χ1v) is 15.5. The van der Waals surface area contributed by atoms with E-state index in [2.05, 4.69) is 5.32 Å². The number of allylic oxidation sites excluding steroid dienone is 2. The molecule has 0 amide bonds. The Morgan fingerprint density at radius 1 is 1.02 bits per heavy atom. The predicted octanol–water partition coefficient (Wildman–Crippen LogP) is -0.656. The normalized spacial score (nSPS) is 31.7. The minimum Gasteiger partial charge on any atom is -0.507 e. The van der Waals surface area contributed by atoms with Gasteiger partial charge >= 0.3 is 5.97 Å². The molecule has 1 unspecified atom stereocenters. The van der Waals surface area contributed by atoms with E-state index in [1.54, 1.807) is 6.92 Å². The van der Waals surface area contributed by atoms with Crippen molar-refractivity contribution >= 4 is 29.1 Å². The highest BCUT2D eigenvalue weighted by molar-refractivity contribution is 6.31. The summed E-state index contributed by atoms with van der Waals surface area (Å²) in [6.45, 7) is 2.41. The molecule has 0 spiro atoms. The van der Waals surface area contributed by atoms with Crippen molar-refractivity contribution in [2.45, 2.75) is 62.1 Å². The number of esters is 1. The van der Waals surface area contributed by atoms with E-state index >= 15 is 0 Å². The molecule has 4 aliphatic rings. The van der Waals surface area contributed by atoms with Gasteiger partial charge in [-0.05, 0) is 31.0 Å². The highest BCUT2D eigenvalue weighted by atomic mass is 16.6. The number of phenols is 2. The second-order valence-electron chi connectivity index (χ2n) is 12.7. The number of fused-ring (bicyclic) bond motifs is 5. The third kappa shape index (κ3) is 4.40. The molecule has 7 N–H and O–H groups in total. The number of hydrogen-bond acceptors (Lipinski definition) is 16. The number of ketones is 4. The average molecular weight is 698 g/mol. The molecule has 3 aliphatic carbocycles. The number of aliphatic hydroxyl groups is 4. The van der Waals surface area contributed by atoms with E-state index < -0.39 is 140 Å². The van der Waals surface area contributed by atoms with Crippen molar-refractivity contribution in [3.8, 4) is 11.5 Å². The Labute approximate surface area is 283 Å². The van der Waals surface area contributed by atoms with Crippen molar-refractivity contribution in [1.29, 1.82) is 0 Å². The number of aromatic hydroxyl groups is 2. The molecule has 16 nitrogen and oxygen atoms in total. The number of carbonyl (C=O) groups excluding carboxylic acids is 5. The monoisotopic (exact) mass is 697 g/mol. The van der Waals surface area contributed by atoms with Gasteiger partial charge in [0.25, 0.3) is 0 Å². The summed E-state index contributed by atoms with van der Waals surface area (Å²) in [5.74, 6) is -8.81. The maximum absolute atomic E-state index is 14.6. The Morgan fingerprint density at radius 3 is 2.30 bits per heavy atom. The second-order valence-corrected chi connectivity index (χ2v) is 12.7. The fourth-order valence-electron chi connectivity index (χ4n) is 7.89. The lowest BCUT2D eigenvalue weighted by Crippen LogP contribution is -2.73. The average Bonchev–Trinajstić information content (AvgIpc) is 3.05. The van der Waals surface area contributed by atoms with Crippen LogP contribution in [0.2, 0.25) is 0 Å². The molecule has 2 aromatic carbocycles. The van der Waals surface area contributed by atoms with Gasteiger partial charge in [-0.2, -0.15) is 0 Å². The number of benzene rings is 2. The number of aryl methyl sites for hydroxylation is 1. The van der Waals surface area contributed by atoms with Gasteiger partial charge in [0.2, 0.25) is 17.3 Å². The molecular formula is C34H35NO15. The predicted molar refractivity (Wildman–Crippen MR) is 166 cm³/mol. The molecule has 1 fully saturated rings. The lowest BCUT2D eigenvalue weighted by molar-refractivity contribution is -0.214. The Bertz CT molecular complexity index is 1920. The van der Waals surface area contributed by atoms with Crippen molar-refractivity contribution in [3.05, 3.63) is 68.4 Å². The fourth-order valence-corrected chi connectivity index (χ4v) is 7.89. The van der Waals surface area contributed by atoms with Crippen LogP contribution in [0.5, 0.6) is 11.5 Å². The number of ether oxygens (including phenoxy) is 4. The van der Waals surface area contributed by atoms with E-state index in [1.807, 2.05) is 0 Å². The SMILES string of the molecule is COC(=O)c1c(C)cc2c(c1O)[C@]1(O)C(=O)c3cc4c(c(O)c3C(=O)[C@]1(OC)C(O)C2)C(=O)C=C(N[C@H]1O[C@@H](C)[C@H](OC)[C@@H](O)[C@H]1CO)C4=O. The van der Waals surface area contributed by atoms with Crippen LogP contribution in [-0.2, 0) is 31.0 Å². The standard InChI is InChI=1S/C34H35NO15/c1-11-6-13-7-19(38)34(49-5)30(44)22-15(29(43)33(34,46)23(13)27(42)20(11)32(45)48-4)8-14-21(26(22)41)18(37)9-17(24(14)39)35-31-16(10-36)25(40)28(47-3)12(2)50-31/h6,8-9,12,16,19,25,28,31,35-36,38,40-42,46H,7,10H2,1-5H3/t12-,16+,19?,25-,28-,31-,33-,34+/m0/s1. The summed E-state index contributed by atoms with van der Waals surface area (Å²) in [7, 11) is 3.29. The fraction of sp³-hybridized carbons (Fsp3) is 0.441. The van der Waals surface area contributed by atoms with Gasteiger partial charge in [-0.25, -0.2) is 4.79 Å². The van der Waals surface area contributed by atoms with Gasteiger partial charge in [0, 0.05) is 43.4 Å². The summed E-state index contributed by atoms with van der Waals surface area (Å²) in [5, 5.41) is 70.2. The molecule has 8 atom stereocenters. The van der Waals surface area contributed by atoms with Crippen LogP contribution in [-0.4, -0.2) is 124 Å². The lowest BCUT2D eigenvalue weighted by atomic mass is 9.56. The summed E-state index contributed by atoms with van der Waals surface area (Å²) in [6, 6.07) is 2.15. The van der Waals surface area contributed by atoms with Crippen LogP contribution < -0.4 is 5.32 Å². The number of carbonyl (C=O) groups is 5. The Kier molecular flexibility index (Phi) is 8.50. The molecule has 1 heterocycles.